The third kappa shape index (κ3) is 5.42. The van der Waals surface area contributed by atoms with Gasteiger partial charge in [-0.15, -0.1) is 0 Å². The molecule has 1 aliphatic rings. The van der Waals surface area contributed by atoms with E-state index in [0.717, 1.165) is 6.42 Å². The quantitative estimate of drug-likeness (QED) is 0.754. The molecule has 0 aliphatic heterocycles. The van der Waals surface area contributed by atoms with Crippen LogP contribution in [0.3, 0.4) is 0 Å². The van der Waals surface area contributed by atoms with Crippen molar-refractivity contribution >= 4 is 0 Å². The van der Waals surface area contributed by atoms with Crippen molar-refractivity contribution in [3.05, 3.63) is 35.9 Å². The van der Waals surface area contributed by atoms with Crippen LogP contribution in [-0.4, -0.2) is 29.8 Å². The van der Waals surface area contributed by atoms with Crippen LogP contribution in [0.4, 0.5) is 0 Å². The zero-order chi connectivity index (χ0) is 15.3. The SMILES string of the molecule is CC1(C)CCC(NC[C@@H](O)[C@@H](N)Cc2ccccc2)CC1. The van der Waals surface area contributed by atoms with Gasteiger partial charge in [-0.1, -0.05) is 44.2 Å². The molecule has 1 fully saturated rings. The monoisotopic (exact) mass is 290 g/mol. The molecule has 0 unspecified atom stereocenters. The lowest BCUT2D eigenvalue weighted by atomic mass is 9.75. The van der Waals surface area contributed by atoms with Crippen LogP contribution in [0.25, 0.3) is 0 Å². The Morgan fingerprint density at radius 2 is 1.86 bits per heavy atom. The van der Waals surface area contributed by atoms with E-state index in [4.69, 9.17) is 5.73 Å². The highest BCUT2D eigenvalue weighted by atomic mass is 16.3. The van der Waals surface area contributed by atoms with Gasteiger partial charge >= 0.3 is 0 Å². The van der Waals surface area contributed by atoms with Crippen molar-refractivity contribution in [1.29, 1.82) is 0 Å². The van der Waals surface area contributed by atoms with Gasteiger partial charge in [0, 0.05) is 18.6 Å². The fourth-order valence-corrected chi connectivity index (χ4v) is 3.06. The van der Waals surface area contributed by atoms with E-state index in [9.17, 15) is 5.11 Å². The summed E-state index contributed by atoms with van der Waals surface area (Å²) in [5, 5.41) is 13.7. The second-order valence-corrected chi connectivity index (χ2v) is 7.27. The highest BCUT2D eigenvalue weighted by molar-refractivity contribution is 5.16. The molecule has 0 saturated heterocycles. The van der Waals surface area contributed by atoms with Gasteiger partial charge in [-0.3, -0.25) is 0 Å². The number of rotatable bonds is 6. The fraction of sp³-hybridized carbons (Fsp3) is 0.667. The second kappa shape index (κ2) is 7.39. The van der Waals surface area contributed by atoms with Crippen molar-refractivity contribution in [3.63, 3.8) is 0 Å². The molecule has 1 aromatic carbocycles. The lowest BCUT2D eigenvalue weighted by molar-refractivity contribution is 0.128. The molecule has 3 nitrogen and oxygen atoms in total. The molecule has 118 valence electrons. The first-order valence-corrected chi connectivity index (χ1v) is 8.17. The molecule has 0 radical (unpaired) electrons. The second-order valence-electron chi connectivity index (χ2n) is 7.27. The minimum Gasteiger partial charge on any atom is -0.390 e. The molecule has 4 N–H and O–H groups in total. The first-order valence-electron chi connectivity index (χ1n) is 8.17. The summed E-state index contributed by atoms with van der Waals surface area (Å²) in [5.41, 5.74) is 7.79. The van der Waals surface area contributed by atoms with Gasteiger partial charge in [0.15, 0.2) is 0 Å². The van der Waals surface area contributed by atoms with Gasteiger partial charge in [-0.25, -0.2) is 0 Å². The van der Waals surface area contributed by atoms with Crippen molar-refractivity contribution in [3.8, 4) is 0 Å². The van der Waals surface area contributed by atoms with Gasteiger partial charge in [-0.2, -0.15) is 0 Å². The molecule has 1 saturated carbocycles. The lowest BCUT2D eigenvalue weighted by Crippen LogP contribution is -2.46. The first kappa shape index (κ1) is 16.5. The highest BCUT2D eigenvalue weighted by Gasteiger charge is 2.27. The molecular formula is C18H30N2O. The Bertz CT molecular complexity index is 408. The molecule has 2 rings (SSSR count). The topological polar surface area (TPSA) is 58.3 Å². The maximum absolute atomic E-state index is 10.2. The van der Waals surface area contributed by atoms with E-state index in [1.165, 1.54) is 31.2 Å². The van der Waals surface area contributed by atoms with Crippen LogP contribution in [0.15, 0.2) is 30.3 Å². The Balaban J connectivity index is 1.70. The molecule has 2 atom stereocenters. The minimum absolute atomic E-state index is 0.208. The van der Waals surface area contributed by atoms with E-state index in [2.05, 4.69) is 31.3 Å². The summed E-state index contributed by atoms with van der Waals surface area (Å²) in [6.07, 6.45) is 5.16. The molecule has 1 aromatic rings. The maximum atomic E-state index is 10.2. The Morgan fingerprint density at radius 3 is 2.48 bits per heavy atom. The molecule has 0 spiro atoms. The summed E-state index contributed by atoms with van der Waals surface area (Å²) >= 11 is 0. The minimum atomic E-state index is -0.486. The molecule has 3 heteroatoms. The predicted molar refractivity (Wildman–Crippen MR) is 88.2 cm³/mol. The zero-order valence-electron chi connectivity index (χ0n) is 13.4. The number of aliphatic hydroxyl groups is 1. The first-order chi connectivity index (χ1) is 9.96. The number of nitrogens with one attached hydrogen (secondary N) is 1. The third-order valence-electron chi connectivity index (χ3n) is 4.76. The summed E-state index contributed by atoms with van der Waals surface area (Å²) in [4.78, 5) is 0. The van der Waals surface area contributed by atoms with Crippen molar-refractivity contribution in [2.45, 2.75) is 64.1 Å². The van der Waals surface area contributed by atoms with Crippen LogP contribution in [0, 0.1) is 5.41 Å². The molecule has 0 heterocycles. The number of benzene rings is 1. The molecular weight excluding hydrogens is 260 g/mol. The van der Waals surface area contributed by atoms with E-state index in [0.29, 0.717) is 18.0 Å². The van der Waals surface area contributed by atoms with Crippen LogP contribution in [-0.2, 0) is 6.42 Å². The Hall–Kier alpha value is -0.900. The van der Waals surface area contributed by atoms with Crippen LogP contribution >= 0.6 is 0 Å². The van der Waals surface area contributed by atoms with Gasteiger partial charge in [-0.05, 0) is 43.1 Å². The van der Waals surface area contributed by atoms with Crippen molar-refractivity contribution in [1.82, 2.24) is 5.32 Å². The average molecular weight is 290 g/mol. The Morgan fingerprint density at radius 1 is 1.24 bits per heavy atom. The highest BCUT2D eigenvalue weighted by Crippen LogP contribution is 2.34. The third-order valence-corrected chi connectivity index (χ3v) is 4.76. The van der Waals surface area contributed by atoms with E-state index >= 15 is 0 Å². The van der Waals surface area contributed by atoms with Gasteiger partial charge in [0.1, 0.15) is 0 Å². The largest absolute Gasteiger partial charge is 0.390 e. The summed E-state index contributed by atoms with van der Waals surface area (Å²) in [5.74, 6) is 0. The van der Waals surface area contributed by atoms with Gasteiger partial charge < -0.3 is 16.2 Å². The average Bonchev–Trinajstić information content (AvgIpc) is 2.47. The Kier molecular flexibility index (Phi) is 5.80. The standard InChI is InChI=1S/C18H30N2O/c1-18(2)10-8-15(9-11-18)20-13-17(21)16(19)12-14-6-4-3-5-7-14/h3-7,15-17,20-21H,8-13,19H2,1-2H3/t16-,17+/m0/s1. The van der Waals surface area contributed by atoms with E-state index in [-0.39, 0.29) is 6.04 Å². The van der Waals surface area contributed by atoms with Crippen LogP contribution in [0.1, 0.15) is 45.1 Å². The molecule has 0 aromatic heterocycles. The number of hydrogen-bond acceptors (Lipinski definition) is 3. The number of aliphatic hydroxyl groups excluding tert-OH is 1. The maximum Gasteiger partial charge on any atom is 0.0818 e. The summed E-state index contributed by atoms with van der Waals surface area (Å²) in [6.45, 7) is 5.28. The van der Waals surface area contributed by atoms with Crippen LogP contribution in [0.2, 0.25) is 0 Å². The smallest absolute Gasteiger partial charge is 0.0818 e. The van der Waals surface area contributed by atoms with Gasteiger partial charge in [0.05, 0.1) is 6.10 Å². The van der Waals surface area contributed by atoms with Crippen LogP contribution in [0.5, 0.6) is 0 Å². The normalized spacial score (nSPS) is 21.9. The number of nitrogens with two attached hydrogens (primary N) is 1. The molecule has 21 heavy (non-hydrogen) atoms. The van der Waals surface area contributed by atoms with Gasteiger partial charge in [0.2, 0.25) is 0 Å². The zero-order valence-corrected chi connectivity index (χ0v) is 13.4. The summed E-state index contributed by atoms with van der Waals surface area (Å²) < 4.78 is 0. The molecule has 1 aliphatic carbocycles. The van der Waals surface area contributed by atoms with E-state index in [1.54, 1.807) is 0 Å². The molecule has 0 amide bonds. The summed E-state index contributed by atoms with van der Waals surface area (Å²) in [6, 6.07) is 10.5. The van der Waals surface area contributed by atoms with Crippen LogP contribution < -0.4 is 11.1 Å². The van der Waals surface area contributed by atoms with Gasteiger partial charge in [0.25, 0.3) is 0 Å². The van der Waals surface area contributed by atoms with Crippen molar-refractivity contribution in [2.24, 2.45) is 11.1 Å². The fourth-order valence-electron chi connectivity index (χ4n) is 3.06. The predicted octanol–water partition coefficient (Wildman–Crippen LogP) is 2.48. The van der Waals surface area contributed by atoms with Crippen molar-refractivity contribution in [2.75, 3.05) is 6.54 Å². The van der Waals surface area contributed by atoms with E-state index < -0.39 is 6.10 Å². The lowest BCUT2D eigenvalue weighted by Gasteiger charge is -2.35. The molecule has 0 bridgehead atoms. The Labute approximate surface area is 128 Å². The van der Waals surface area contributed by atoms with Crippen molar-refractivity contribution < 1.29 is 5.11 Å². The number of hydrogen-bond donors (Lipinski definition) is 3. The summed E-state index contributed by atoms with van der Waals surface area (Å²) in [7, 11) is 0. The van der Waals surface area contributed by atoms with E-state index in [1.807, 2.05) is 18.2 Å².